The third-order valence-electron chi connectivity index (χ3n) is 4.19. The minimum Gasteiger partial charge on any atom is -0.482 e. The van der Waals surface area contributed by atoms with E-state index in [2.05, 4.69) is 0 Å². The van der Waals surface area contributed by atoms with E-state index in [0.717, 1.165) is 0 Å². The van der Waals surface area contributed by atoms with Crippen LogP contribution < -0.4 is 4.74 Å². The molecule has 128 valence electrons. The molecule has 1 heterocycles. The van der Waals surface area contributed by atoms with Crippen molar-refractivity contribution in [3.05, 3.63) is 65.5 Å². The summed E-state index contributed by atoms with van der Waals surface area (Å²) in [7, 11) is 0. The maximum atomic E-state index is 13.5. The van der Waals surface area contributed by atoms with E-state index in [0.29, 0.717) is 23.3 Å². The van der Waals surface area contributed by atoms with Gasteiger partial charge in [0.15, 0.2) is 6.61 Å². The van der Waals surface area contributed by atoms with Gasteiger partial charge in [-0.1, -0.05) is 24.3 Å². The molecule has 2 aromatic carbocycles. The molecule has 1 fully saturated rings. The molecular weight excluding hydrogens is 323 g/mol. The molecule has 25 heavy (non-hydrogen) atoms. The zero-order valence-corrected chi connectivity index (χ0v) is 13.4. The zero-order valence-electron chi connectivity index (χ0n) is 13.4. The molecule has 3 rings (SSSR count). The smallest absolute Gasteiger partial charge is 0.261 e. The van der Waals surface area contributed by atoms with Gasteiger partial charge < -0.3 is 14.7 Å². The van der Waals surface area contributed by atoms with Crippen molar-refractivity contribution < 1.29 is 19.0 Å². The molecule has 2 unspecified atom stereocenters. The van der Waals surface area contributed by atoms with Crippen LogP contribution in [0.2, 0.25) is 0 Å². The van der Waals surface area contributed by atoms with Gasteiger partial charge in [0.1, 0.15) is 17.6 Å². The number of nitrogens with zero attached hydrogens (tertiary/aromatic N) is 2. The van der Waals surface area contributed by atoms with Crippen molar-refractivity contribution in [2.24, 2.45) is 0 Å². The van der Waals surface area contributed by atoms with E-state index in [1.54, 1.807) is 36.4 Å². The van der Waals surface area contributed by atoms with Crippen molar-refractivity contribution in [3.63, 3.8) is 0 Å². The number of aliphatic hydroxyl groups excluding tert-OH is 1. The van der Waals surface area contributed by atoms with Crippen molar-refractivity contribution in [2.75, 3.05) is 13.2 Å². The molecule has 2 aromatic rings. The summed E-state index contributed by atoms with van der Waals surface area (Å²) in [6, 6.07) is 14.3. The summed E-state index contributed by atoms with van der Waals surface area (Å²) in [6.07, 6.45) is -0.312. The summed E-state index contributed by atoms with van der Waals surface area (Å²) in [5.41, 5.74) is 0.987. The summed E-state index contributed by atoms with van der Waals surface area (Å²) in [6.45, 7) is -0.0828. The number of benzene rings is 2. The number of para-hydroxylation sites is 1. The van der Waals surface area contributed by atoms with Gasteiger partial charge in [-0.15, -0.1) is 0 Å². The number of carbonyl (C=O) groups is 1. The lowest BCUT2D eigenvalue weighted by atomic mass is 10.0. The maximum Gasteiger partial charge on any atom is 0.261 e. The van der Waals surface area contributed by atoms with Crippen LogP contribution in [0.3, 0.4) is 0 Å². The molecule has 1 N–H and O–H groups in total. The first-order valence-electron chi connectivity index (χ1n) is 7.93. The Hall–Kier alpha value is -2.91. The molecule has 1 saturated heterocycles. The van der Waals surface area contributed by atoms with Gasteiger partial charge in [-0.05, 0) is 36.2 Å². The van der Waals surface area contributed by atoms with E-state index in [-0.39, 0.29) is 24.9 Å². The SMILES string of the molecule is N#Cc1ccccc1OCC(=O)N1CC(O)CC1c1cccc(F)c1. The van der Waals surface area contributed by atoms with Crippen LogP contribution >= 0.6 is 0 Å². The van der Waals surface area contributed by atoms with Gasteiger partial charge in [-0.25, -0.2) is 4.39 Å². The fourth-order valence-corrected chi connectivity index (χ4v) is 3.03. The highest BCUT2D eigenvalue weighted by atomic mass is 19.1. The Labute approximate surface area is 144 Å². The summed E-state index contributed by atoms with van der Waals surface area (Å²) < 4.78 is 19.0. The van der Waals surface area contributed by atoms with E-state index in [1.807, 2.05) is 6.07 Å². The lowest BCUT2D eigenvalue weighted by molar-refractivity contribution is -0.134. The number of carbonyl (C=O) groups excluding carboxylic acids is 1. The molecule has 5 nitrogen and oxygen atoms in total. The predicted octanol–water partition coefficient (Wildman–Crippen LogP) is 2.41. The molecule has 1 aliphatic rings. The summed E-state index contributed by atoms with van der Waals surface area (Å²) in [5, 5.41) is 19.0. The van der Waals surface area contributed by atoms with Crippen LogP contribution in [0.25, 0.3) is 0 Å². The van der Waals surface area contributed by atoms with E-state index >= 15 is 0 Å². The summed E-state index contributed by atoms with van der Waals surface area (Å²) in [5.74, 6) is -0.371. The van der Waals surface area contributed by atoms with Crippen LogP contribution in [0.15, 0.2) is 48.5 Å². The van der Waals surface area contributed by atoms with Crippen molar-refractivity contribution in [3.8, 4) is 11.8 Å². The Morgan fingerprint density at radius 3 is 2.88 bits per heavy atom. The molecule has 0 spiro atoms. The number of amides is 1. The lowest BCUT2D eigenvalue weighted by Gasteiger charge is -2.25. The Bertz CT molecular complexity index is 818. The number of rotatable bonds is 4. The number of aliphatic hydroxyl groups is 1. The van der Waals surface area contributed by atoms with E-state index in [9.17, 15) is 14.3 Å². The highest BCUT2D eigenvalue weighted by Crippen LogP contribution is 2.32. The van der Waals surface area contributed by atoms with Crippen LogP contribution in [-0.2, 0) is 4.79 Å². The molecule has 0 radical (unpaired) electrons. The monoisotopic (exact) mass is 340 g/mol. The van der Waals surface area contributed by atoms with Crippen molar-refractivity contribution in [2.45, 2.75) is 18.6 Å². The topological polar surface area (TPSA) is 73.6 Å². The molecule has 0 aliphatic carbocycles. The fraction of sp³-hybridized carbons (Fsp3) is 0.263. The second-order valence-corrected chi connectivity index (χ2v) is 5.90. The Morgan fingerprint density at radius 2 is 2.12 bits per heavy atom. The molecule has 2 atom stereocenters. The molecular formula is C19H17FN2O3. The first-order chi connectivity index (χ1) is 12.1. The predicted molar refractivity (Wildman–Crippen MR) is 88.1 cm³/mol. The molecule has 1 aliphatic heterocycles. The number of halogens is 1. The van der Waals surface area contributed by atoms with Gasteiger partial charge >= 0.3 is 0 Å². The van der Waals surface area contributed by atoms with E-state index < -0.39 is 12.1 Å². The van der Waals surface area contributed by atoms with Crippen LogP contribution in [0.4, 0.5) is 4.39 Å². The quantitative estimate of drug-likeness (QED) is 0.928. The zero-order chi connectivity index (χ0) is 17.8. The average Bonchev–Trinajstić information content (AvgIpc) is 3.02. The van der Waals surface area contributed by atoms with E-state index in [4.69, 9.17) is 10.00 Å². The Balaban J connectivity index is 1.73. The van der Waals surface area contributed by atoms with Gasteiger partial charge in [0.2, 0.25) is 0 Å². The standard InChI is InChI=1S/C19H17FN2O3/c20-15-6-3-5-13(8-15)17-9-16(23)11-22(17)19(24)12-25-18-7-2-1-4-14(18)10-21/h1-8,16-17,23H,9,11-12H2. The maximum absolute atomic E-state index is 13.5. The average molecular weight is 340 g/mol. The second-order valence-electron chi connectivity index (χ2n) is 5.90. The number of β-amino-alcohol motifs (C(OH)–C–C–N with tert-alkyl or cyclic N) is 1. The van der Waals surface area contributed by atoms with Crippen LogP contribution in [-0.4, -0.2) is 35.2 Å². The largest absolute Gasteiger partial charge is 0.482 e. The first-order valence-corrected chi connectivity index (χ1v) is 7.93. The van der Waals surface area contributed by atoms with Crippen molar-refractivity contribution in [1.82, 2.24) is 4.90 Å². The molecule has 0 aromatic heterocycles. The number of ether oxygens (including phenoxy) is 1. The van der Waals surface area contributed by atoms with Crippen LogP contribution in [0, 0.1) is 17.1 Å². The molecule has 0 saturated carbocycles. The third kappa shape index (κ3) is 3.78. The van der Waals surface area contributed by atoms with Gasteiger partial charge in [-0.2, -0.15) is 5.26 Å². The minimum absolute atomic E-state index is 0.170. The summed E-state index contributed by atoms with van der Waals surface area (Å²) in [4.78, 5) is 14.0. The van der Waals surface area contributed by atoms with Crippen molar-refractivity contribution >= 4 is 5.91 Å². The highest BCUT2D eigenvalue weighted by Gasteiger charge is 2.35. The number of hydrogen-bond donors (Lipinski definition) is 1. The normalized spacial score (nSPS) is 19.5. The molecule has 6 heteroatoms. The fourth-order valence-electron chi connectivity index (χ4n) is 3.03. The van der Waals surface area contributed by atoms with Gasteiger partial charge in [-0.3, -0.25) is 4.79 Å². The van der Waals surface area contributed by atoms with E-state index in [1.165, 1.54) is 17.0 Å². The Morgan fingerprint density at radius 1 is 1.32 bits per heavy atom. The van der Waals surface area contributed by atoms with Gasteiger partial charge in [0.05, 0.1) is 17.7 Å². The highest BCUT2D eigenvalue weighted by molar-refractivity contribution is 5.78. The van der Waals surface area contributed by atoms with Gasteiger partial charge in [0, 0.05) is 6.54 Å². The van der Waals surface area contributed by atoms with Crippen LogP contribution in [0.1, 0.15) is 23.6 Å². The number of nitriles is 1. The lowest BCUT2D eigenvalue weighted by Crippen LogP contribution is -2.35. The molecule has 1 amide bonds. The van der Waals surface area contributed by atoms with Crippen molar-refractivity contribution in [1.29, 1.82) is 5.26 Å². The van der Waals surface area contributed by atoms with Crippen LogP contribution in [0.5, 0.6) is 5.75 Å². The minimum atomic E-state index is -0.663. The second kappa shape index (κ2) is 7.32. The summed E-state index contributed by atoms with van der Waals surface area (Å²) >= 11 is 0. The molecule has 0 bridgehead atoms. The Kier molecular flexibility index (Phi) is 4.96. The number of likely N-dealkylation sites (tertiary alicyclic amines) is 1. The first kappa shape index (κ1) is 16.9. The van der Waals surface area contributed by atoms with Gasteiger partial charge in [0.25, 0.3) is 5.91 Å². The number of hydrogen-bond acceptors (Lipinski definition) is 4. The third-order valence-corrected chi connectivity index (χ3v) is 4.19.